The molecule has 0 radical (unpaired) electrons. The second-order valence-electron chi connectivity index (χ2n) is 8.33. The van der Waals surface area contributed by atoms with Crippen molar-refractivity contribution >= 4 is 15.7 Å². The minimum Gasteiger partial charge on any atom is -0.497 e. The summed E-state index contributed by atoms with van der Waals surface area (Å²) in [7, 11) is -2.46. The van der Waals surface area contributed by atoms with E-state index in [2.05, 4.69) is 4.98 Å². The number of carbonyl (C=O) groups is 1. The van der Waals surface area contributed by atoms with Crippen LogP contribution in [-0.4, -0.2) is 56.2 Å². The van der Waals surface area contributed by atoms with E-state index >= 15 is 0 Å². The van der Waals surface area contributed by atoms with Crippen LogP contribution in [0.2, 0.25) is 0 Å². The minimum atomic E-state index is -4.07. The number of benzene rings is 2. The first-order chi connectivity index (χ1) is 17.4. The fourth-order valence-corrected chi connectivity index (χ4v) is 6.03. The molecule has 11 heteroatoms. The monoisotopic (exact) mass is 516 g/mol. The van der Waals surface area contributed by atoms with Crippen LogP contribution < -0.4 is 15.0 Å². The molecule has 10 nitrogen and oxygen atoms in total. The molecule has 1 aliphatic rings. The van der Waals surface area contributed by atoms with Gasteiger partial charge in [0.15, 0.2) is 20.5 Å². The molecule has 1 aromatic heterocycles. The molecule has 2 N–H and O–H groups in total. The normalized spacial score (nSPS) is 15.3. The molecule has 192 valence electrons. The number of hydroxylamine groups is 1. The lowest BCUT2D eigenvalue weighted by molar-refractivity contribution is -0.134. The molecule has 4 rings (SSSR count). The summed E-state index contributed by atoms with van der Waals surface area (Å²) >= 11 is 0. The molecule has 1 saturated heterocycles. The number of ether oxygens (including phenoxy) is 3. The zero-order valence-electron chi connectivity index (χ0n) is 19.8. The lowest BCUT2D eigenvalue weighted by Crippen LogP contribution is -2.54. The molecule has 1 aliphatic heterocycles. The number of rotatable bonds is 10. The highest BCUT2D eigenvalue weighted by Gasteiger charge is 2.52. The summed E-state index contributed by atoms with van der Waals surface area (Å²) in [5, 5.41) is 9.15. The molecule has 36 heavy (non-hydrogen) atoms. The molecule has 0 saturated carbocycles. The molecule has 3 aromatic rings. The molecule has 0 spiro atoms. The molecule has 0 bridgehead atoms. The number of hydrogen-bond acceptors (Lipinski definition) is 9. The molecule has 2 aromatic carbocycles. The van der Waals surface area contributed by atoms with Gasteiger partial charge in [0.05, 0.1) is 18.6 Å². The largest absolute Gasteiger partial charge is 0.497 e. The number of carbonyl (C=O) groups excluding carboxylic acids is 1. The van der Waals surface area contributed by atoms with Crippen LogP contribution in [0.5, 0.6) is 11.5 Å². The lowest BCUT2D eigenvalue weighted by Gasteiger charge is -2.34. The number of amides is 1. The Morgan fingerprint density at radius 2 is 1.75 bits per heavy atom. The van der Waals surface area contributed by atoms with Gasteiger partial charge in [-0.15, -0.1) is 0 Å². The third-order valence-corrected chi connectivity index (χ3v) is 8.72. The van der Waals surface area contributed by atoms with Crippen LogP contribution >= 0.6 is 0 Å². The van der Waals surface area contributed by atoms with E-state index in [1.54, 1.807) is 25.5 Å². The highest BCUT2D eigenvalue weighted by Crippen LogP contribution is 2.35. The summed E-state index contributed by atoms with van der Waals surface area (Å²) in [5.41, 5.74) is 3.18. The Kier molecular flexibility index (Phi) is 7.92. The minimum absolute atomic E-state index is 0.0220. The molecule has 0 unspecified atom stereocenters. The van der Waals surface area contributed by atoms with Crippen LogP contribution in [-0.2, 0) is 25.8 Å². The van der Waals surface area contributed by atoms with Crippen molar-refractivity contribution in [2.45, 2.75) is 35.3 Å². The van der Waals surface area contributed by atoms with E-state index in [0.717, 1.165) is 17.0 Å². The second-order valence-corrected chi connectivity index (χ2v) is 10.6. The fourth-order valence-electron chi connectivity index (χ4n) is 4.09. The van der Waals surface area contributed by atoms with E-state index in [1.165, 1.54) is 17.6 Å². The van der Waals surface area contributed by atoms with Crippen LogP contribution in [0.15, 0.2) is 64.1 Å². The van der Waals surface area contributed by atoms with Crippen LogP contribution in [0.25, 0.3) is 11.3 Å². The standard InChI is InChI=1S/C25H28N2O8S/c1-32-19-6-4-18(5-7-19)22-17-35-23(26-22)3-2-14-34-20-8-10-21(11-9-20)36(30,31)25(24(28)27-29)12-15-33-16-13-25/h4-11,17,29H,2-3,12-16H2,1H3,(H,27,28). The maximum Gasteiger partial charge on any atom is 0.265 e. The van der Waals surface area contributed by atoms with Crippen LogP contribution in [0.1, 0.15) is 25.2 Å². The van der Waals surface area contributed by atoms with Crippen molar-refractivity contribution in [1.29, 1.82) is 0 Å². The van der Waals surface area contributed by atoms with Gasteiger partial charge in [-0.05, 0) is 67.8 Å². The summed E-state index contributed by atoms with van der Waals surface area (Å²) in [6, 6.07) is 13.4. The summed E-state index contributed by atoms with van der Waals surface area (Å²) in [6.07, 6.45) is 2.74. The molecular weight excluding hydrogens is 488 g/mol. The molecule has 2 heterocycles. The van der Waals surface area contributed by atoms with Gasteiger partial charge in [0.1, 0.15) is 23.5 Å². The van der Waals surface area contributed by atoms with Crippen molar-refractivity contribution in [2.75, 3.05) is 26.9 Å². The fraction of sp³-hybridized carbons (Fsp3) is 0.360. The number of aryl methyl sites for hydroxylation is 1. The van der Waals surface area contributed by atoms with Crippen molar-refractivity contribution < 1.29 is 37.0 Å². The van der Waals surface area contributed by atoms with Crippen molar-refractivity contribution in [1.82, 2.24) is 10.5 Å². The lowest BCUT2D eigenvalue weighted by atomic mass is 9.98. The number of nitrogens with one attached hydrogen (secondary N) is 1. The van der Waals surface area contributed by atoms with Gasteiger partial charge < -0.3 is 18.6 Å². The molecule has 1 amide bonds. The Morgan fingerprint density at radius 1 is 1.08 bits per heavy atom. The van der Waals surface area contributed by atoms with E-state index in [0.29, 0.717) is 31.1 Å². The molecule has 0 atom stereocenters. The van der Waals surface area contributed by atoms with E-state index in [9.17, 15) is 13.2 Å². The van der Waals surface area contributed by atoms with Crippen molar-refractivity contribution in [2.24, 2.45) is 0 Å². The molecule has 0 aliphatic carbocycles. The van der Waals surface area contributed by atoms with Crippen LogP contribution in [0.3, 0.4) is 0 Å². The third-order valence-electron chi connectivity index (χ3n) is 6.21. The van der Waals surface area contributed by atoms with E-state index in [4.69, 9.17) is 23.8 Å². The SMILES string of the molecule is COc1ccc(-c2coc(CCCOc3ccc(S(=O)(=O)C4(C(=O)NO)CCOCC4)cc3)n2)cc1. The average Bonchev–Trinajstić information content (AvgIpc) is 3.40. The number of methoxy groups -OCH3 is 1. The zero-order valence-corrected chi connectivity index (χ0v) is 20.6. The summed E-state index contributed by atoms with van der Waals surface area (Å²) in [6.45, 7) is 0.598. The van der Waals surface area contributed by atoms with Gasteiger partial charge in [-0.1, -0.05) is 0 Å². The summed E-state index contributed by atoms with van der Waals surface area (Å²) < 4.78 is 46.5. The predicted octanol–water partition coefficient (Wildman–Crippen LogP) is 3.19. The average molecular weight is 517 g/mol. The first-order valence-electron chi connectivity index (χ1n) is 11.5. The smallest absolute Gasteiger partial charge is 0.265 e. The quantitative estimate of drug-likeness (QED) is 0.236. The number of nitrogens with zero attached hydrogens (tertiary/aromatic N) is 1. The Bertz CT molecular complexity index is 1260. The number of aromatic nitrogens is 1. The van der Waals surface area contributed by atoms with E-state index in [1.807, 2.05) is 24.3 Å². The van der Waals surface area contributed by atoms with Gasteiger partial charge in [-0.3, -0.25) is 10.0 Å². The van der Waals surface area contributed by atoms with Crippen LogP contribution in [0.4, 0.5) is 0 Å². The van der Waals surface area contributed by atoms with Gasteiger partial charge in [0.25, 0.3) is 5.91 Å². The van der Waals surface area contributed by atoms with Crippen molar-refractivity contribution in [3.63, 3.8) is 0 Å². The Morgan fingerprint density at radius 3 is 2.39 bits per heavy atom. The highest BCUT2D eigenvalue weighted by molar-refractivity contribution is 7.93. The van der Waals surface area contributed by atoms with Gasteiger partial charge in [-0.2, -0.15) is 0 Å². The maximum atomic E-state index is 13.3. The topological polar surface area (TPSA) is 137 Å². The summed E-state index contributed by atoms with van der Waals surface area (Å²) in [4.78, 5) is 16.8. The number of sulfone groups is 1. The Balaban J connectivity index is 1.32. The van der Waals surface area contributed by atoms with Gasteiger partial charge in [0.2, 0.25) is 0 Å². The zero-order chi connectivity index (χ0) is 25.6. The first kappa shape index (κ1) is 25.7. The highest BCUT2D eigenvalue weighted by atomic mass is 32.2. The first-order valence-corrected chi connectivity index (χ1v) is 13.0. The summed E-state index contributed by atoms with van der Waals surface area (Å²) in [5.74, 6) is 0.902. The molecule has 1 fully saturated rings. The van der Waals surface area contributed by atoms with Gasteiger partial charge in [-0.25, -0.2) is 18.9 Å². The number of oxazole rings is 1. The predicted molar refractivity (Wildman–Crippen MR) is 129 cm³/mol. The third kappa shape index (κ3) is 5.23. The number of hydrogen-bond donors (Lipinski definition) is 2. The van der Waals surface area contributed by atoms with Gasteiger partial charge in [0, 0.05) is 25.2 Å². The second kappa shape index (κ2) is 11.1. The van der Waals surface area contributed by atoms with E-state index in [-0.39, 0.29) is 31.0 Å². The maximum absolute atomic E-state index is 13.3. The van der Waals surface area contributed by atoms with E-state index < -0.39 is 20.5 Å². The Labute approximate surface area is 209 Å². The Hall–Kier alpha value is -3.41. The van der Waals surface area contributed by atoms with Crippen LogP contribution in [0, 0.1) is 0 Å². The molecular formula is C25H28N2O8S. The van der Waals surface area contributed by atoms with Crippen molar-refractivity contribution in [3.05, 3.63) is 60.7 Å². The van der Waals surface area contributed by atoms with Crippen molar-refractivity contribution in [3.8, 4) is 22.8 Å². The van der Waals surface area contributed by atoms with Gasteiger partial charge >= 0.3 is 0 Å².